The Bertz CT molecular complexity index is 1590. The van der Waals surface area contributed by atoms with Crippen LogP contribution in [-0.4, -0.2) is 62.7 Å². The van der Waals surface area contributed by atoms with Crippen LogP contribution in [0.2, 0.25) is 10.0 Å². The van der Waals surface area contributed by atoms with Gasteiger partial charge in [-0.1, -0.05) is 59.6 Å². The first-order valence-corrected chi connectivity index (χ1v) is 17.3. The quantitative estimate of drug-likeness (QED) is 0.258. The second kappa shape index (κ2) is 14.7. The van der Waals surface area contributed by atoms with Crippen molar-refractivity contribution in [2.24, 2.45) is 0 Å². The number of sulfonamides is 1. The minimum Gasteiger partial charge on any atom is -0.486 e. The minimum atomic E-state index is -3.70. The van der Waals surface area contributed by atoms with Gasteiger partial charge < -0.3 is 19.7 Å². The lowest BCUT2D eigenvalue weighted by molar-refractivity contribution is -0.142. The molecule has 242 valence electrons. The third kappa shape index (κ3) is 9.51. The number of anilines is 1. The summed E-state index contributed by atoms with van der Waals surface area (Å²) in [5.41, 5.74) is 1.24. The summed E-state index contributed by atoms with van der Waals surface area (Å²) in [6.45, 7) is 6.42. The molecule has 1 N–H and O–H groups in total. The molecule has 2 amide bonds. The first-order chi connectivity index (χ1) is 21.2. The van der Waals surface area contributed by atoms with Crippen LogP contribution in [-0.2, 0) is 32.6 Å². The van der Waals surface area contributed by atoms with E-state index in [1.807, 2.05) is 51.1 Å². The zero-order valence-corrected chi connectivity index (χ0v) is 28.2. The maximum atomic E-state index is 14.1. The average molecular weight is 677 g/mol. The molecule has 0 aromatic heterocycles. The van der Waals surface area contributed by atoms with E-state index in [1.54, 1.807) is 36.4 Å². The number of benzene rings is 3. The highest BCUT2D eigenvalue weighted by Gasteiger charge is 2.33. The summed E-state index contributed by atoms with van der Waals surface area (Å²) >= 11 is 13.1. The van der Waals surface area contributed by atoms with E-state index in [9.17, 15) is 18.0 Å². The average Bonchev–Trinajstić information content (AvgIpc) is 2.97. The summed E-state index contributed by atoms with van der Waals surface area (Å²) in [6.07, 6.45) is 1.52. The van der Waals surface area contributed by atoms with E-state index in [1.165, 1.54) is 9.21 Å². The van der Waals surface area contributed by atoms with E-state index in [0.717, 1.165) is 11.8 Å². The molecule has 0 saturated carbocycles. The van der Waals surface area contributed by atoms with E-state index in [2.05, 4.69) is 5.32 Å². The zero-order chi connectivity index (χ0) is 32.8. The molecule has 0 radical (unpaired) electrons. The number of amides is 2. The number of carbonyl (C=O) groups is 2. The normalized spacial score (nSPS) is 13.6. The summed E-state index contributed by atoms with van der Waals surface area (Å²) < 4.78 is 38.1. The Morgan fingerprint density at radius 1 is 0.933 bits per heavy atom. The number of nitrogens with one attached hydrogen (secondary N) is 1. The molecule has 0 spiro atoms. The smallest absolute Gasteiger partial charge is 0.243 e. The van der Waals surface area contributed by atoms with Gasteiger partial charge in [0.1, 0.15) is 19.3 Å². The molecule has 9 nitrogen and oxygen atoms in total. The Balaban J connectivity index is 1.62. The molecule has 1 unspecified atom stereocenters. The van der Waals surface area contributed by atoms with E-state index in [-0.39, 0.29) is 44.2 Å². The van der Waals surface area contributed by atoms with E-state index < -0.39 is 21.6 Å². The predicted octanol–water partition coefficient (Wildman–Crippen LogP) is 5.87. The van der Waals surface area contributed by atoms with Gasteiger partial charge >= 0.3 is 0 Å². The molecule has 3 aromatic carbocycles. The fourth-order valence-corrected chi connectivity index (χ4v) is 6.53. The molecule has 3 aromatic rings. The topological polar surface area (TPSA) is 105 Å². The van der Waals surface area contributed by atoms with Crippen LogP contribution in [0.1, 0.15) is 44.7 Å². The Hall–Kier alpha value is -3.47. The van der Waals surface area contributed by atoms with Crippen molar-refractivity contribution in [2.45, 2.75) is 58.2 Å². The molecule has 0 aliphatic carbocycles. The lowest BCUT2D eigenvalue weighted by Gasteiger charge is -2.34. The van der Waals surface area contributed by atoms with Gasteiger partial charge in [-0.05, 0) is 57.0 Å². The van der Waals surface area contributed by atoms with Crippen molar-refractivity contribution in [2.75, 3.05) is 30.3 Å². The maximum Gasteiger partial charge on any atom is 0.243 e. The van der Waals surface area contributed by atoms with Crippen molar-refractivity contribution in [1.82, 2.24) is 10.2 Å². The molecular formula is C33H39Cl2N3O6S. The van der Waals surface area contributed by atoms with Crippen molar-refractivity contribution < 1.29 is 27.5 Å². The number of halogens is 2. The lowest BCUT2D eigenvalue weighted by atomic mass is 10.00. The van der Waals surface area contributed by atoms with E-state index in [0.29, 0.717) is 46.0 Å². The first kappa shape index (κ1) is 34.4. The number of carbonyl (C=O) groups excluding carboxylic acids is 2. The number of fused-ring (bicyclic) bond motifs is 1. The van der Waals surface area contributed by atoms with Gasteiger partial charge in [0, 0.05) is 53.1 Å². The molecular weight excluding hydrogens is 637 g/mol. The summed E-state index contributed by atoms with van der Waals surface area (Å²) in [5, 5.41) is 3.77. The summed E-state index contributed by atoms with van der Waals surface area (Å²) in [7, 11) is -3.70. The molecule has 4 rings (SSSR count). The van der Waals surface area contributed by atoms with Crippen LogP contribution in [0.3, 0.4) is 0 Å². The summed E-state index contributed by atoms with van der Waals surface area (Å²) in [6, 6.07) is 18.6. The second-order valence-corrected chi connectivity index (χ2v) is 14.7. The van der Waals surface area contributed by atoms with Gasteiger partial charge in [0.2, 0.25) is 21.8 Å². The first-order valence-electron chi connectivity index (χ1n) is 14.7. The predicted molar refractivity (Wildman–Crippen MR) is 178 cm³/mol. The minimum absolute atomic E-state index is 0.00957. The van der Waals surface area contributed by atoms with Gasteiger partial charge in [0.15, 0.2) is 11.5 Å². The van der Waals surface area contributed by atoms with Crippen molar-refractivity contribution in [3.63, 3.8) is 0 Å². The Labute approximate surface area is 275 Å². The van der Waals surface area contributed by atoms with E-state index in [4.69, 9.17) is 32.7 Å². The maximum absolute atomic E-state index is 14.1. The van der Waals surface area contributed by atoms with Crippen molar-refractivity contribution in [1.29, 1.82) is 0 Å². The standard InChI is InChI=1S/C33H39Cl2N3O6S/c1-33(2,3)36-32(40)28(20-23-10-6-5-7-11-23)37(22-25-26(34)12-8-13-27(25)35)31(39)14-9-17-38(45(4,41)42)24-15-16-29-30(21-24)44-19-18-43-29/h5-8,10-13,15-16,21,28H,9,14,17-20,22H2,1-4H3,(H,36,40). The lowest BCUT2D eigenvalue weighted by Crippen LogP contribution is -2.54. The molecule has 12 heteroatoms. The van der Waals surface area contributed by atoms with Gasteiger partial charge in [0.05, 0.1) is 11.9 Å². The third-order valence-electron chi connectivity index (χ3n) is 7.13. The van der Waals surface area contributed by atoms with Crippen molar-refractivity contribution >= 4 is 50.7 Å². The molecule has 0 fully saturated rings. The summed E-state index contributed by atoms with van der Waals surface area (Å²) in [4.78, 5) is 29.4. The number of nitrogens with zero attached hydrogens (tertiary/aromatic N) is 2. The van der Waals surface area contributed by atoms with Crippen LogP contribution in [0.15, 0.2) is 66.7 Å². The fourth-order valence-electron chi connectivity index (χ4n) is 5.05. The molecule has 1 atom stereocenters. The van der Waals surface area contributed by atoms with Crippen molar-refractivity contribution in [3.05, 3.63) is 87.9 Å². The molecule has 45 heavy (non-hydrogen) atoms. The fraction of sp³-hybridized carbons (Fsp3) is 0.394. The molecule has 1 aliphatic rings. The number of ether oxygens (including phenoxy) is 2. The van der Waals surface area contributed by atoms with E-state index >= 15 is 0 Å². The van der Waals surface area contributed by atoms with Crippen molar-refractivity contribution in [3.8, 4) is 11.5 Å². The van der Waals surface area contributed by atoms with Gasteiger partial charge in [-0.2, -0.15) is 0 Å². The highest BCUT2D eigenvalue weighted by molar-refractivity contribution is 7.92. The van der Waals surface area contributed by atoms with Crippen LogP contribution in [0, 0.1) is 0 Å². The van der Waals surface area contributed by atoms with Crippen LogP contribution in [0.25, 0.3) is 0 Å². The molecule has 1 aliphatic heterocycles. The van der Waals surface area contributed by atoms with Gasteiger partial charge in [-0.15, -0.1) is 0 Å². The number of hydrogen-bond acceptors (Lipinski definition) is 6. The summed E-state index contributed by atoms with van der Waals surface area (Å²) in [5.74, 6) is 0.337. The molecule has 1 heterocycles. The Morgan fingerprint density at radius 3 is 2.20 bits per heavy atom. The van der Waals surface area contributed by atoms with Crippen LogP contribution < -0.4 is 19.1 Å². The number of hydrogen-bond donors (Lipinski definition) is 1. The monoisotopic (exact) mass is 675 g/mol. The Morgan fingerprint density at radius 2 is 1.58 bits per heavy atom. The third-order valence-corrected chi connectivity index (χ3v) is 9.03. The second-order valence-electron chi connectivity index (χ2n) is 11.9. The largest absolute Gasteiger partial charge is 0.486 e. The number of rotatable bonds is 12. The van der Waals surface area contributed by atoms with Gasteiger partial charge in [-0.3, -0.25) is 13.9 Å². The van der Waals surface area contributed by atoms with Crippen LogP contribution in [0.4, 0.5) is 5.69 Å². The molecule has 0 bridgehead atoms. The van der Waals surface area contributed by atoms with Gasteiger partial charge in [0.25, 0.3) is 0 Å². The van der Waals surface area contributed by atoms with Gasteiger partial charge in [-0.25, -0.2) is 8.42 Å². The highest BCUT2D eigenvalue weighted by Crippen LogP contribution is 2.35. The highest BCUT2D eigenvalue weighted by atomic mass is 35.5. The zero-order valence-electron chi connectivity index (χ0n) is 25.9. The molecule has 0 saturated heterocycles. The SMILES string of the molecule is CC(C)(C)NC(=O)C(Cc1ccccc1)N(Cc1c(Cl)cccc1Cl)C(=O)CCCN(c1ccc2c(c1)OCCO2)S(C)(=O)=O. The van der Waals surface area contributed by atoms with Crippen LogP contribution >= 0.6 is 23.2 Å². The Kier molecular flexibility index (Phi) is 11.3. The van der Waals surface area contributed by atoms with Crippen LogP contribution in [0.5, 0.6) is 11.5 Å².